The van der Waals surface area contributed by atoms with Gasteiger partial charge in [0.05, 0.1) is 7.14 Å². The van der Waals surface area contributed by atoms with Crippen LogP contribution in [0.3, 0.4) is 0 Å². The number of hydrogen-bond donors (Lipinski definition) is 0. The fourth-order valence-corrected chi connectivity index (χ4v) is 12.8. The third kappa shape index (κ3) is 34.3. The van der Waals surface area contributed by atoms with Crippen LogP contribution in [0.15, 0.2) is 0 Å². The normalized spacial score (nSPS) is 12.1. The highest BCUT2D eigenvalue weighted by Gasteiger charge is 2.20. The summed E-state index contributed by atoms with van der Waals surface area (Å²) in [6.07, 6.45) is 52.4. The lowest BCUT2D eigenvalue weighted by molar-refractivity contribution is 0.553. The van der Waals surface area contributed by atoms with E-state index in [4.69, 9.17) is 0 Å². The van der Waals surface area contributed by atoms with Crippen LogP contribution in [0.2, 0.25) is 0 Å². The third-order valence-electron chi connectivity index (χ3n) is 10.3. The van der Waals surface area contributed by atoms with E-state index in [0.717, 1.165) is 18.5 Å². The molecule has 0 amide bonds. The molecule has 0 saturated heterocycles. The van der Waals surface area contributed by atoms with Crippen molar-refractivity contribution in [2.75, 3.05) is 37.0 Å². The van der Waals surface area contributed by atoms with Crippen LogP contribution in [0, 0.1) is 0 Å². The van der Waals surface area contributed by atoms with Crippen LogP contribution >= 0.6 is 15.1 Å². The summed E-state index contributed by atoms with van der Waals surface area (Å²) in [5.41, 5.74) is 0. The molecule has 0 radical (unpaired) electrons. The highest BCUT2D eigenvalue weighted by atomic mass is 31.2. The van der Waals surface area contributed by atoms with Crippen molar-refractivity contribution in [3.63, 3.8) is 0 Å². The van der Waals surface area contributed by atoms with E-state index in [1.165, 1.54) is 205 Å². The van der Waals surface area contributed by atoms with Crippen LogP contribution in [0.1, 0.15) is 233 Å². The van der Waals surface area contributed by atoms with Crippen LogP contribution in [0.4, 0.5) is 0 Å². The van der Waals surface area contributed by atoms with Crippen LogP contribution in [-0.2, 0) is 4.57 Å². The maximum Gasteiger partial charge on any atom is 0.0877 e. The van der Waals surface area contributed by atoms with E-state index in [1.54, 1.807) is 18.5 Å². The molecule has 0 heterocycles. The van der Waals surface area contributed by atoms with Gasteiger partial charge in [0.1, 0.15) is 0 Å². The van der Waals surface area contributed by atoms with Crippen molar-refractivity contribution in [2.45, 2.75) is 233 Å². The zero-order valence-corrected chi connectivity index (χ0v) is 34.0. The molecule has 0 aliphatic carbocycles. The summed E-state index contributed by atoms with van der Waals surface area (Å²) in [6.45, 7) is 9.24. The fraction of sp³-hybridized carbons (Fsp3) is 1.00. The average Bonchev–Trinajstić information content (AvgIpc) is 3.04. The van der Waals surface area contributed by atoms with Crippen molar-refractivity contribution >= 4 is 15.1 Å². The van der Waals surface area contributed by atoms with Crippen LogP contribution in [-0.4, -0.2) is 37.0 Å². The largest absolute Gasteiger partial charge is 0.324 e. The van der Waals surface area contributed by atoms with E-state index in [1.807, 2.05) is 0 Å². The van der Waals surface area contributed by atoms with Crippen molar-refractivity contribution in [1.29, 1.82) is 0 Å². The Balaban J connectivity index is 4.16. The van der Waals surface area contributed by atoms with Crippen molar-refractivity contribution in [3.8, 4) is 0 Å². The molecule has 0 N–H and O–H groups in total. The van der Waals surface area contributed by atoms with Crippen LogP contribution in [0.25, 0.3) is 0 Å². The molecule has 0 rings (SSSR count). The average molecular weight is 671 g/mol. The Bertz CT molecular complexity index is 555. The van der Waals surface area contributed by atoms with Crippen molar-refractivity contribution in [2.24, 2.45) is 0 Å². The van der Waals surface area contributed by atoms with Crippen molar-refractivity contribution in [1.82, 2.24) is 0 Å². The lowest BCUT2D eigenvalue weighted by Crippen LogP contribution is -2.02. The van der Waals surface area contributed by atoms with Gasteiger partial charge in [-0.1, -0.05) is 195 Å². The second-order valence-electron chi connectivity index (χ2n) is 15.0. The summed E-state index contributed by atoms with van der Waals surface area (Å²) in [5, 5.41) is 0. The van der Waals surface area contributed by atoms with E-state index in [0.29, 0.717) is 7.92 Å². The molecule has 0 aliphatic heterocycles. The Morgan fingerprint density at radius 2 is 0.489 bits per heavy atom. The molecular formula is C42H88OP2. The maximum atomic E-state index is 13.9. The van der Waals surface area contributed by atoms with E-state index in [2.05, 4.69) is 27.7 Å². The molecule has 0 aromatic rings. The summed E-state index contributed by atoms with van der Waals surface area (Å²) in [5.74, 6) is 0. The van der Waals surface area contributed by atoms with Gasteiger partial charge in [-0.15, -0.1) is 7.92 Å². The number of rotatable bonds is 39. The summed E-state index contributed by atoms with van der Waals surface area (Å²) in [6, 6.07) is 0. The van der Waals surface area contributed by atoms with E-state index in [9.17, 15) is 4.57 Å². The lowest BCUT2D eigenvalue weighted by Gasteiger charge is -2.19. The summed E-state index contributed by atoms with van der Waals surface area (Å²) in [4.78, 5) is 0. The SMILES string of the molecule is CCCCCCCCP(CCCCCCCC)CCCCCCCCCCP(=O)(CCCCCCCC)CCCCCCCC. The van der Waals surface area contributed by atoms with E-state index >= 15 is 0 Å². The lowest BCUT2D eigenvalue weighted by atomic mass is 10.1. The van der Waals surface area contributed by atoms with Gasteiger partial charge < -0.3 is 4.57 Å². The molecule has 0 saturated carbocycles. The van der Waals surface area contributed by atoms with Crippen molar-refractivity contribution < 1.29 is 4.57 Å². The predicted octanol–water partition coefficient (Wildman–Crippen LogP) is 16.4. The molecule has 1 nitrogen and oxygen atoms in total. The Labute approximate surface area is 288 Å². The molecular weight excluding hydrogens is 582 g/mol. The molecule has 3 heteroatoms. The van der Waals surface area contributed by atoms with Gasteiger partial charge in [0.15, 0.2) is 0 Å². The highest BCUT2D eigenvalue weighted by molar-refractivity contribution is 7.63. The van der Waals surface area contributed by atoms with E-state index in [-0.39, 0.29) is 0 Å². The molecule has 45 heavy (non-hydrogen) atoms. The first-order valence-corrected chi connectivity index (χ1v) is 25.6. The molecule has 0 unspecified atom stereocenters. The van der Waals surface area contributed by atoms with Gasteiger partial charge in [0.2, 0.25) is 0 Å². The molecule has 0 aromatic carbocycles. The minimum Gasteiger partial charge on any atom is -0.324 e. The summed E-state index contributed by atoms with van der Waals surface area (Å²) in [7, 11) is -1.64. The monoisotopic (exact) mass is 671 g/mol. The van der Waals surface area contributed by atoms with Crippen LogP contribution in [0.5, 0.6) is 0 Å². The Hall–Kier alpha value is 0.660. The van der Waals surface area contributed by atoms with Crippen molar-refractivity contribution in [3.05, 3.63) is 0 Å². The predicted molar refractivity (Wildman–Crippen MR) is 214 cm³/mol. The molecule has 0 aliphatic rings. The fourth-order valence-electron chi connectivity index (χ4n) is 7.06. The first-order chi connectivity index (χ1) is 22.1. The van der Waals surface area contributed by atoms with Crippen LogP contribution < -0.4 is 0 Å². The van der Waals surface area contributed by atoms with Gasteiger partial charge in [0.25, 0.3) is 0 Å². The number of unbranched alkanes of at least 4 members (excludes halogenated alkanes) is 27. The highest BCUT2D eigenvalue weighted by Crippen LogP contribution is 2.48. The Morgan fingerprint density at radius 3 is 0.733 bits per heavy atom. The third-order valence-corrected chi connectivity index (χ3v) is 16.5. The zero-order valence-electron chi connectivity index (χ0n) is 32.2. The zero-order chi connectivity index (χ0) is 32.9. The van der Waals surface area contributed by atoms with Gasteiger partial charge >= 0.3 is 0 Å². The second kappa shape index (κ2) is 37.5. The smallest absolute Gasteiger partial charge is 0.0877 e. The van der Waals surface area contributed by atoms with Gasteiger partial charge in [-0.2, -0.15) is 0 Å². The Morgan fingerprint density at radius 1 is 0.289 bits per heavy atom. The van der Waals surface area contributed by atoms with Gasteiger partial charge in [-0.3, -0.25) is 0 Å². The van der Waals surface area contributed by atoms with E-state index < -0.39 is 7.14 Å². The topological polar surface area (TPSA) is 17.1 Å². The second-order valence-corrected chi connectivity index (χ2v) is 21.1. The standard InChI is InChI=1S/C42H88OP2/c1-5-9-13-17-25-31-37-44(38-32-26-18-14-10-6-2)39-33-27-23-21-22-24-30-36-42-45(43,40-34-28-19-15-11-7-3)41-35-29-20-16-12-8-4/h5-42H2,1-4H3. The first kappa shape index (κ1) is 45.7. The molecule has 0 atom stereocenters. The molecule has 0 bridgehead atoms. The first-order valence-electron chi connectivity index (χ1n) is 21.4. The van der Waals surface area contributed by atoms with Gasteiger partial charge in [-0.25, -0.2) is 0 Å². The maximum absolute atomic E-state index is 13.9. The quantitative estimate of drug-likeness (QED) is 0.0470. The van der Waals surface area contributed by atoms with Gasteiger partial charge in [-0.05, 0) is 57.0 Å². The molecule has 0 spiro atoms. The van der Waals surface area contributed by atoms with Gasteiger partial charge in [0, 0.05) is 18.5 Å². The molecule has 0 aromatic heterocycles. The molecule has 272 valence electrons. The minimum absolute atomic E-state index is 0.302. The minimum atomic E-state index is -1.94. The summed E-state index contributed by atoms with van der Waals surface area (Å²) < 4.78 is 13.9. The molecule has 0 fully saturated rings. The summed E-state index contributed by atoms with van der Waals surface area (Å²) >= 11 is 0. The Kier molecular flexibility index (Phi) is 38.0. The number of hydrogen-bond acceptors (Lipinski definition) is 1.